The zero-order chi connectivity index (χ0) is 14.1. The first-order valence-corrected chi connectivity index (χ1v) is 7.09. The molecule has 1 heterocycles. The molecule has 1 aliphatic heterocycles. The van der Waals surface area contributed by atoms with Gasteiger partial charge in [-0.05, 0) is 44.8 Å². The first-order valence-electron chi connectivity index (χ1n) is 7.09. The number of nitrogens with one attached hydrogen (secondary N) is 1. The van der Waals surface area contributed by atoms with Crippen molar-refractivity contribution in [2.75, 3.05) is 45.9 Å². The average molecular weight is 282 g/mol. The van der Waals surface area contributed by atoms with Crippen LogP contribution in [0.2, 0.25) is 0 Å². The molecule has 1 aliphatic rings. The summed E-state index contributed by atoms with van der Waals surface area (Å²) in [7, 11) is 0. The highest BCUT2D eigenvalue weighted by Crippen LogP contribution is 2.16. The second-order valence-corrected chi connectivity index (χ2v) is 5.14. The Hall–Kier alpha value is -0.330. The smallest absolute Gasteiger partial charge is 0.372 e. The molecule has 0 bridgehead atoms. The van der Waals surface area contributed by atoms with Gasteiger partial charge in [-0.25, -0.2) is 0 Å². The number of nitrogens with zero attached hydrogens (tertiary/aromatic N) is 1. The molecule has 0 saturated carbocycles. The number of alkyl halides is 3. The monoisotopic (exact) mass is 282 g/mol. The SMILES string of the molecule is CCNCC1CCCN(CCCOCC(F)(F)F)C1. The van der Waals surface area contributed by atoms with Gasteiger partial charge in [-0.1, -0.05) is 6.92 Å². The maximum absolute atomic E-state index is 11.9. The lowest BCUT2D eigenvalue weighted by Gasteiger charge is -2.32. The molecule has 0 spiro atoms. The van der Waals surface area contributed by atoms with Gasteiger partial charge in [0.25, 0.3) is 0 Å². The Kier molecular flexibility index (Phi) is 7.71. The molecule has 1 rings (SSSR count). The van der Waals surface area contributed by atoms with E-state index in [4.69, 9.17) is 0 Å². The minimum Gasteiger partial charge on any atom is -0.372 e. The second kappa shape index (κ2) is 8.76. The summed E-state index contributed by atoms with van der Waals surface area (Å²) in [6.07, 6.45) is -1.11. The van der Waals surface area contributed by atoms with Gasteiger partial charge in [0.1, 0.15) is 6.61 Å². The van der Waals surface area contributed by atoms with Gasteiger partial charge in [-0.3, -0.25) is 0 Å². The molecule has 0 aromatic heterocycles. The fraction of sp³-hybridized carbons (Fsp3) is 1.00. The molecule has 19 heavy (non-hydrogen) atoms. The van der Waals surface area contributed by atoms with Gasteiger partial charge in [0.2, 0.25) is 0 Å². The zero-order valence-electron chi connectivity index (χ0n) is 11.6. The molecule has 1 N–H and O–H groups in total. The zero-order valence-corrected chi connectivity index (χ0v) is 11.6. The van der Waals surface area contributed by atoms with E-state index in [2.05, 4.69) is 21.9 Å². The summed E-state index contributed by atoms with van der Waals surface area (Å²) in [4.78, 5) is 2.34. The van der Waals surface area contributed by atoms with Gasteiger partial charge in [0.15, 0.2) is 0 Å². The average Bonchev–Trinajstić information content (AvgIpc) is 2.35. The molecule has 114 valence electrons. The number of hydrogen-bond acceptors (Lipinski definition) is 3. The van der Waals surface area contributed by atoms with Crippen molar-refractivity contribution < 1.29 is 17.9 Å². The standard InChI is InChI=1S/C13H25F3N2O/c1-2-17-9-12-5-3-6-18(10-12)7-4-8-19-11-13(14,15)16/h12,17H,2-11H2,1H3. The number of piperidine rings is 1. The Labute approximate surface area is 113 Å². The van der Waals surface area contributed by atoms with Crippen LogP contribution in [0.15, 0.2) is 0 Å². The van der Waals surface area contributed by atoms with Crippen LogP contribution in [0.3, 0.4) is 0 Å². The largest absolute Gasteiger partial charge is 0.411 e. The summed E-state index contributed by atoms with van der Waals surface area (Å²) in [5, 5.41) is 3.36. The summed E-state index contributed by atoms with van der Waals surface area (Å²) >= 11 is 0. The number of ether oxygens (including phenoxy) is 1. The third-order valence-corrected chi connectivity index (χ3v) is 3.31. The van der Waals surface area contributed by atoms with E-state index >= 15 is 0 Å². The molecule has 1 fully saturated rings. The number of likely N-dealkylation sites (tertiary alicyclic amines) is 1. The highest BCUT2D eigenvalue weighted by molar-refractivity contribution is 4.74. The summed E-state index contributed by atoms with van der Waals surface area (Å²) in [5.74, 6) is 0.671. The molecule has 1 unspecified atom stereocenters. The van der Waals surface area contributed by atoms with Crippen LogP contribution >= 0.6 is 0 Å². The van der Waals surface area contributed by atoms with E-state index in [1.54, 1.807) is 0 Å². The first-order chi connectivity index (χ1) is 9.01. The molecule has 0 amide bonds. The van der Waals surface area contributed by atoms with Crippen LogP contribution < -0.4 is 5.32 Å². The van der Waals surface area contributed by atoms with Crippen molar-refractivity contribution in [1.82, 2.24) is 10.2 Å². The van der Waals surface area contributed by atoms with E-state index in [1.165, 1.54) is 12.8 Å². The first kappa shape index (κ1) is 16.7. The van der Waals surface area contributed by atoms with Crippen molar-refractivity contribution >= 4 is 0 Å². The van der Waals surface area contributed by atoms with Crippen LogP contribution in [-0.4, -0.2) is 57.0 Å². The molecule has 0 radical (unpaired) electrons. The highest BCUT2D eigenvalue weighted by Gasteiger charge is 2.27. The van der Waals surface area contributed by atoms with E-state index in [-0.39, 0.29) is 6.61 Å². The van der Waals surface area contributed by atoms with Crippen LogP contribution in [0.4, 0.5) is 13.2 Å². The van der Waals surface area contributed by atoms with Crippen molar-refractivity contribution in [3.63, 3.8) is 0 Å². The lowest BCUT2D eigenvalue weighted by atomic mass is 9.98. The summed E-state index contributed by atoms with van der Waals surface area (Å²) in [5.41, 5.74) is 0. The minimum absolute atomic E-state index is 0.188. The van der Waals surface area contributed by atoms with Crippen LogP contribution in [-0.2, 0) is 4.74 Å². The van der Waals surface area contributed by atoms with E-state index in [0.29, 0.717) is 12.3 Å². The Morgan fingerprint density at radius 3 is 2.84 bits per heavy atom. The number of hydrogen-bond donors (Lipinski definition) is 1. The maximum Gasteiger partial charge on any atom is 0.411 e. The Morgan fingerprint density at radius 2 is 2.16 bits per heavy atom. The van der Waals surface area contributed by atoms with Crippen molar-refractivity contribution in [3.8, 4) is 0 Å². The summed E-state index contributed by atoms with van der Waals surface area (Å²) < 4.78 is 40.2. The molecule has 1 atom stereocenters. The van der Waals surface area contributed by atoms with Crippen LogP contribution in [0.1, 0.15) is 26.2 Å². The van der Waals surface area contributed by atoms with Crippen molar-refractivity contribution in [3.05, 3.63) is 0 Å². The molecule has 3 nitrogen and oxygen atoms in total. The topological polar surface area (TPSA) is 24.5 Å². The third kappa shape index (κ3) is 8.44. The molecule has 6 heteroatoms. The Morgan fingerprint density at radius 1 is 1.37 bits per heavy atom. The summed E-state index contributed by atoms with van der Waals surface area (Å²) in [6, 6.07) is 0. The van der Waals surface area contributed by atoms with Gasteiger partial charge in [-0.15, -0.1) is 0 Å². The van der Waals surface area contributed by atoms with E-state index < -0.39 is 12.8 Å². The fourth-order valence-corrected chi connectivity index (χ4v) is 2.45. The Bertz CT molecular complexity index is 236. The van der Waals surface area contributed by atoms with Crippen molar-refractivity contribution in [1.29, 1.82) is 0 Å². The quantitative estimate of drug-likeness (QED) is 0.691. The molecule has 0 aromatic carbocycles. The van der Waals surface area contributed by atoms with Crippen LogP contribution in [0.5, 0.6) is 0 Å². The number of rotatable bonds is 8. The van der Waals surface area contributed by atoms with Gasteiger partial charge in [-0.2, -0.15) is 13.2 Å². The molecule has 0 aromatic rings. The lowest BCUT2D eigenvalue weighted by molar-refractivity contribution is -0.174. The molecular formula is C13H25F3N2O. The van der Waals surface area contributed by atoms with Crippen molar-refractivity contribution in [2.24, 2.45) is 5.92 Å². The van der Waals surface area contributed by atoms with Crippen LogP contribution in [0, 0.1) is 5.92 Å². The molecule has 0 aliphatic carbocycles. The molecular weight excluding hydrogens is 257 g/mol. The Balaban J connectivity index is 2.05. The second-order valence-electron chi connectivity index (χ2n) is 5.14. The highest BCUT2D eigenvalue weighted by atomic mass is 19.4. The minimum atomic E-state index is -4.21. The van der Waals surface area contributed by atoms with Crippen LogP contribution in [0.25, 0.3) is 0 Å². The lowest BCUT2D eigenvalue weighted by Crippen LogP contribution is -2.40. The summed E-state index contributed by atoms with van der Waals surface area (Å²) in [6.45, 7) is 6.12. The van der Waals surface area contributed by atoms with E-state index in [1.807, 2.05) is 0 Å². The molecule has 1 saturated heterocycles. The van der Waals surface area contributed by atoms with Gasteiger partial charge < -0.3 is 15.0 Å². The fourth-order valence-electron chi connectivity index (χ4n) is 2.45. The van der Waals surface area contributed by atoms with Gasteiger partial charge in [0.05, 0.1) is 0 Å². The van der Waals surface area contributed by atoms with Gasteiger partial charge >= 0.3 is 6.18 Å². The normalized spacial score (nSPS) is 21.8. The van der Waals surface area contributed by atoms with Crippen molar-refractivity contribution in [2.45, 2.75) is 32.4 Å². The maximum atomic E-state index is 11.9. The van der Waals surface area contributed by atoms with E-state index in [0.717, 1.165) is 32.7 Å². The predicted molar refractivity (Wildman–Crippen MR) is 69.2 cm³/mol. The number of halogens is 3. The van der Waals surface area contributed by atoms with Gasteiger partial charge in [0, 0.05) is 19.7 Å². The predicted octanol–water partition coefficient (Wildman–Crippen LogP) is 2.28. The van der Waals surface area contributed by atoms with E-state index in [9.17, 15) is 13.2 Å². The third-order valence-electron chi connectivity index (χ3n) is 3.31.